The maximum atomic E-state index is 12.2. The Morgan fingerprint density at radius 1 is 1.00 bits per heavy atom. The van der Waals surface area contributed by atoms with Crippen molar-refractivity contribution in [3.63, 3.8) is 0 Å². The zero-order valence-corrected chi connectivity index (χ0v) is 13.4. The van der Waals surface area contributed by atoms with Crippen molar-refractivity contribution in [3.8, 4) is 28.8 Å². The Labute approximate surface area is 145 Å². The Morgan fingerprint density at radius 3 is 2.42 bits per heavy atom. The molecule has 2 heterocycles. The van der Waals surface area contributed by atoms with E-state index in [1.54, 1.807) is 0 Å². The largest absolute Gasteiger partial charge is 0.573 e. The van der Waals surface area contributed by atoms with Gasteiger partial charge in [-0.05, 0) is 37.3 Å². The molecule has 2 aromatic heterocycles. The van der Waals surface area contributed by atoms with E-state index in [1.165, 1.54) is 24.3 Å². The molecule has 0 unspecified atom stereocenters. The van der Waals surface area contributed by atoms with Crippen LogP contribution in [-0.4, -0.2) is 16.5 Å². The minimum atomic E-state index is -4.74. The third-order valence-corrected chi connectivity index (χ3v) is 3.81. The minimum Gasteiger partial charge on any atom is -0.451 e. The molecule has 4 rings (SSSR count). The molecule has 8 heteroatoms. The fourth-order valence-electron chi connectivity index (χ4n) is 2.62. The molecule has 0 aliphatic rings. The monoisotopic (exact) mass is 360 g/mol. The lowest BCUT2D eigenvalue weighted by atomic mass is 10.1. The summed E-state index contributed by atoms with van der Waals surface area (Å²) in [6, 6.07) is 12.7. The number of benzene rings is 2. The van der Waals surface area contributed by atoms with Gasteiger partial charge >= 0.3 is 6.36 Å². The van der Waals surface area contributed by atoms with Gasteiger partial charge in [-0.25, -0.2) is 0 Å². The molecule has 0 N–H and O–H groups in total. The van der Waals surface area contributed by atoms with Crippen molar-refractivity contribution in [2.45, 2.75) is 13.3 Å². The van der Waals surface area contributed by atoms with Crippen molar-refractivity contribution in [2.75, 3.05) is 0 Å². The fraction of sp³-hybridized carbons (Fsp3) is 0.111. The van der Waals surface area contributed by atoms with E-state index in [-0.39, 0.29) is 17.5 Å². The van der Waals surface area contributed by atoms with Gasteiger partial charge in [0.25, 0.3) is 5.89 Å². The molecule has 0 saturated heterocycles. The summed E-state index contributed by atoms with van der Waals surface area (Å²) in [6.07, 6.45) is -4.74. The van der Waals surface area contributed by atoms with Gasteiger partial charge in [-0.1, -0.05) is 23.4 Å². The van der Waals surface area contributed by atoms with E-state index in [0.717, 1.165) is 10.9 Å². The second-order valence-electron chi connectivity index (χ2n) is 5.55. The number of alkyl halides is 3. The number of hydrogen-bond acceptors (Lipinski definition) is 5. The summed E-state index contributed by atoms with van der Waals surface area (Å²) in [5, 5.41) is 4.81. The van der Waals surface area contributed by atoms with Gasteiger partial charge in [-0.3, -0.25) is 0 Å². The fourth-order valence-corrected chi connectivity index (χ4v) is 2.62. The first kappa shape index (κ1) is 16.2. The molecule has 5 nitrogen and oxygen atoms in total. The van der Waals surface area contributed by atoms with Crippen LogP contribution in [0.25, 0.3) is 34.0 Å². The topological polar surface area (TPSA) is 61.3 Å². The highest BCUT2D eigenvalue weighted by Crippen LogP contribution is 2.33. The van der Waals surface area contributed by atoms with Gasteiger partial charge in [0, 0.05) is 16.5 Å². The van der Waals surface area contributed by atoms with E-state index in [1.807, 2.05) is 31.2 Å². The molecule has 132 valence electrons. The number of halogens is 3. The van der Waals surface area contributed by atoms with Crippen LogP contribution >= 0.6 is 0 Å². The maximum Gasteiger partial charge on any atom is 0.573 e. The average Bonchev–Trinajstić information content (AvgIpc) is 3.20. The molecule has 0 saturated carbocycles. The van der Waals surface area contributed by atoms with E-state index in [4.69, 9.17) is 8.94 Å². The van der Waals surface area contributed by atoms with Gasteiger partial charge in [-0.2, -0.15) is 4.98 Å². The molecule has 0 spiro atoms. The van der Waals surface area contributed by atoms with E-state index in [2.05, 4.69) is 14.9 Å². The summed E-state index contributed by atoms with van der Waals surface area (Å²) in [6.45, 7) is 1.88. The lowest BCUT2D eigenvalue weighted by Gasteiger charge is -2.08. The summed E-state index contributed by atoms with van der Waals surface area (Å²) in [4.78, 5) is 4.28. The Hall–Kier alpha value is -3.29. The van der Waals surface area contributed by atoms with Crippen molar-refractivity contribution in [1.82, 2.24) is 10.1 Å². The van der Waals surface area contributed by atoms with Crippen LogP contribution in [-0.2, 0) is 0 Å². The van der Waals surface area contributed by atoms with Gasteiger partial charge in [0.1, 0.15) is 11.3 Å². The summed E-state index contributed by atoms with van der Waals surface area (Å²) < 4.78 is 51.5. The average molecular weight is 360 g/mol. The zero-order chi connectivity index (χ0) is 18.3. The number of aromatic nitrogens is 2. The highest BCUT2D eigenvalue weighted by molar-refractivity contribution is 5.86. The summed E-state index contributed by atoms with van der Waals surface area (Å²) in [5.41, 5.74) is 2.06. The molecule has 0 fully saturated rings. The Kier molecular flexibility index (Phi) is 3.68. The first-order chi connectivity index (χ1) is 12.4. The molecule has 0 aliphatic carbocycles. The van der Waals surface area contributed by atoms with E-state index in [0.29, 0.717) is 16.9 Å². The van der Waals surface area contributed by atoms with Crippen LogP contribution in [0.1, 0.15) is 5.56 Å². The molecule has 0 atom stereocenters. The first-order valence-corrected chi connectivity index (χ1v) is 7.59. The molecule has 0 bridgehead atoms. The van der Waals surface area contributed by atoms with Crippen molar-refractivity contribution in [2.24, 2.45) is 0 Å². The number of ether oxygens (including phenoxy) is 1. The Balaban J connectivity index is 1.64. The van der Waals surface area contributed by atoms with Gasteiger partial charge < -0.3 is 13.7 Å². The van der Waals surface area contributed by atoms with Crippen molar-refractivity contribution in [1.29, 1.82) is 0 Å². The number of hydrogen-bond donors (Lipinski definition) is 0. The first-order valence-electron chi connectivity index (χ1n) is 7.59. The van der Waals surface area contributed by atoms with Gasteiger partial charge in [-0.15, -0.1) is 13.2 Å². The van der Waals surface area contributed by atoms with Gasteiger partial charge in [0.2, 0.25) is 5.82 Å². The molecule has 0 radical (unpaired) electrons. The molecule has 26 heavy (non-hydrogen) atoms. The molecule has 0 amide bonds. The predicted molar refractivity (Wildman–Crippen MR) is 86.4 cm³/mol. The van der Waals surface area contributed by atoms with Crippen molar-refractivity contribution in [3.05, 3.63) is 54.1 Å². The number of aryl methyl sites for hydroxylation is 1. The predicted octanol–water partition coefficient (Wildman–Crippen LogP) is 5.36. The van der Waals surface area contributed by atoms with Crippen LogP contribution in [0.3, 0.4) is 0 Å². The second-order valence-corrected chi connectivity index (χ2v) is 5.55. The molecular formula is C18H11F3N2O3. The van der Waals surface area contributed by atoms with Gasteiger partial charge in [0.05, 0.1) is 0 Å². The van der Waals surface area contributed by atoms with Crippen LogP contribution < -0.4 is 4.74 Å². The van der Waals surface area contributed by atoms with Crippen LogP contribution in [0.4, 0.5) is 13.2 Å². The number of furan rings is 1. The highest BCUT2D eigenvalue weighted by atomic mass is 19.4. The van der Waals surface area contributed by atoms with Crippen molar-refractivity contribution < 1.29 is 26.8 Å². The zero-order valence-electron chi connectivity index (χ0n) is 13.4. The molecule has 2 aromatic carbocycles. The lowest BCUT2D eigenvalue weighted by Crippen LogP contribution is -2.16. The summed E-state index contributed by atoms with van der Waals surface area (Å²) in [7, 11) is 0. The third-order valence-electron chi connectivity index (χ3n) is 3.81. The number of rotatable bonds is 3. The number of fused-ring (bicyclic) bond motifs is 1. The summed E-state index contributed by atoms with van der Waals surface area (Å²) in [5.74, 6) is 0.572. The van der Waals surface area contributed by atoms with Crippen LogP contribution in [0.15, 0.2) is 57.5 Å². The van der Waals surface area contributed by atoms with Crippen LogP contribution in [0.5, 0.6) is 5.75 Å². The SMILES string of the molecule is Cc1c(-c2nc(-c3ccc(OC(F)(F)F)cc3)no2)oc2ccccc12. The smallest absolute Gasteiger partial charge is 0.451 e. The minimum absolute atomic E-state index is 0.198. The van der Waals surface area contributed by atoms with Crippen molar-refractivity contribution >= 4 is 11.0 Å². The lowest BCUT2D eigenvalue weighted by molar-refractivity contribution is -0.274. The van der Waals surface area contributed by atoms with Crippen LogP contribution in [0, 0.1) is 6.92 Å². The van der Waals surface area contributed by atoms with Crippen LogP contribution in [0.2, 0.25) is 0 Å². The number of para-hydroxylation sites is 1. The van der Waals surface area contributed by atoms with E-state index < -0.39 is 6.36 Å². The Bertz CT molecular complexity index is 1070. The normalized spacial score (nSPS) is 11.8. The molecular weight excluding hydrogens is 349 g/mol. The molecule has 0 aliphatic heterocycles. The second kappa shape index (κ2) is 5.91. The quantitative estimate of drug-likeness (QED) is 0.492. The third kappa shape index (κ3) is 3.01. The maximum absolute atomic E-state index is 12.2. The van der Waals surface area contributed by atoms with Gasteiger partial charge in [0.15, 0.2) is 5.76 Å². The number of nitrogens with zero attached hydrogens (tertiary/aromatic N) is 2. The standard InChI is InChI=1S/C18H11F3N2O3/c1-10-13-4-2-3-5-14(13)24-15(10)17-22-16(23-26-17)11-6-8-12(9-7-11)25-18(19,20)21/h2-9H,1H3. The van der Waals surface area contributed by atoms with E-state index in [9.17, 15) is 13.2 Å². The Morgan fingerprint density at radius 2 is 1.73 bits per heavy atom. The summed E-state index contributed by atoms with van der Waals surface area (Å²) >= 11 is 0. The molecule has 4 aromatic rings. The van der Waals surface area contributed by atoms with E-state index >= 15 is 0 Å². The highest BCUT2D eigenvalue weighted by Gasteiger charge is 2.31.